The Kier molecular flexibility index (Phi) is 3.72. The highest BCUT2D eigenvalue weighted by Crippen LogP contribution is 2.17. The summed E-state index contributed by atoms with van der Waals surface area (Å²) in [4.78, 5) is 0. The van der Waals surface area contributed by atoms with Gasteiger partial charge in [0.15, 0.2) is 0 Å². The molecule has 0 saturated heterocycles. The van der Waals surface area contributed by atoms with E-state index in [1.54, 1.807) is 18.2 Å². The number of hydrogen-bond acceptors (Lipinski definition) is 2. The Bertz CT molecular complexity index is 327. The summed E-state index contributed by atoms with van der Waals surface area (Å²) in [5.41, 5.74) is 1.89. The van der Waals surface area contributed by atoms with E-state index in [1.165, 1.54) is 0 Å². The van der Waals surface area contributed by atoms with Crippen molar-refractivity contribution >= 4 is 6.08 Å². The van der Waals surface area contributed by atoms with Gasteiger partial charge < -0.3 is 10.2 Å². The maximum absolute atomic E-state index is 9.25. The molecule has 0 aromatic heterocycles. The summed E-state index contributed by atoms with van der Waals surface area (Å²) in [7, 11) is 0. The Labute approximate surface area is 84.5 Å². The van der Waals surface area contributed by atoms with Gasteiger partial charge in [0.25, 0.3) is 0 Å². The van der Waals surface area contributed by atoms with Crippen LogP contribution >= 0.6 is 0 Å². The molecule has 0 aliphatic rings. The minimum atomic E-state index is 0.0628. The molecule has 14 heavy (non-hydrogen) atoms. The molecule has 76 valence electrons. The molecule has 0 fully saturated rings. The molecule has 0 radical (unpaired) electrons. The summed E-state index contributed by atoms with van der Waals surface area (Å²) >= 11 is 0. The lowest BCUT2D eigenvalue weighted by Crippen LogP contribution is -1.98. The fourth-order valence-electron chi connectivity index (χ4n) is 1.22. The van der Waals surface area contributed by atoms with Crippen LogP contribution in [0.1, 0.15) is 19.4 Å². The molecular formula is C12H16O2. The van der Waals surface area contributed by atoms with Crippen molar-refractivity contribution in [1.29, 1.82) is 0 Å². The first-order valence-electron chi connectivity index (χ1n) is 4.74. The number of rotatable bonds is 3. The summed E-state index contributed by atoms with van der Waals surface area (Å²) in [6, 6.07) is 7.00. The summed E-state index contributed by atoms with van der Waals surface area (Å²) in [6.45, 7) is 4.13. The van der Waals surface area contributed by atoms with Crippen molar-refractivity contribution in [3.05, 3.63) is 35.4 Å². The van der Waals surface area contributed by atoms with Crippen molar-refractivity contribution in [2.75, 3.05) is 6.61 Å². The lowest BCUT2D eigenvalue weighted by molar-refractivity contribution is 0.320. The van der Waals surface area contributed by atoms with Gasteiger partial charge >= 0.3 is 0 Å². The van der Waals surface area contributed by atoms with Crippen molar-refractivity contribution in [3.63, 3.8) is 0 Å². The first kappa shape index (κ1) is 10.8. The molecule has 0 spiro atoms. The summed E-state index contributed by atoms with van der Waals surface area (Å²) in [5.74, 6) is 0.571. The molecule has 0 saturated carbocycles. The molecule has 0 unspecified atom stereocenters. The largest absolute Gasteiger partial charge is 0.508 e. The summed E-state index contributed by atoms with van der Waals surface area (Å²) < 4.78 is 0. The average Bonchev–Trinajstić information content (AvgIpc) is 2.14. The van der Waals surface area contributed by atoms with Crippen molar-refractivity contribution in [2.45, 2.75) is 13.8 Å². The van der Waals surface area contributed by atoms with Crippen molar-refractivity contribution in [1.82, 2.24) is 0 Å². The number of phenols is 1. The fraction of sp³-hybridized carbons (Fsp3) is 0.333. The van der Waals surface area contributed by atoms with Gasteiger partial charge in [-0.25, -0.2) is 0 Å². The van der Waals surface area contributed by atoms with Crippen molar-refractivity contribution in [2.24, 2.45) is 5.92 Å². The highest BCUT2D eigenvalue weighted by molar-refractivity contribution is 5.55. The highest BCUT2D eigenvalue weighted by atomic mass is 16.3. The van der Waals surface area contributed by atoms with Gasteiger partial charge in [-0.1, -0.05) is 32.1 Å². The first-order valence-corrected chi connectivity index (χ1v) is 4.74. The Morgan fingerprint density at radius 3 is 2.64 bits per heavy atom. The van der Waals surface area contributed by atoms with E-state index in [-0.39, 0.29) is 12.4 Å². The predicted molar refractivity (Wildman–Crippen MR) is 58.0 cm³/mol. The number of aliphatic hydroxyl groups is 1. The van der Waals surface area contributed by atoms with Crippen LogP contribution in [0.4, 0.5) is 0 Å². The van der Waals surface area contributed by atoms with E-state index in [9.17, 15) is 5.11 Å². The average molecular weight is 192 g/mol. The Morgan fingerprint density at radius 2 is 2.14 bits per heavy atom. The number of aliphatic hydroxyl groups excluding tert-OH is 1. The van der Waals surface area contributed by atoms with Crippen LogP contribution in [0.15, 0.2) is 29.8 Å². The molecule has 0 atom stereocenters. The standard InChI is InChI=1S/C12H16O2/c1-9(2)11(8-13)6-10-4-3-5-12(14)7-10/h3-7,9,13-14H,8H2,1-2H3/b11-6+. The van der Waals surface area contributed by atoms with E-state index in [4.69, 9.17) is 5.11 Å². The van der Waals surface area contributed by atoms with E-state index >= 15 is 0 Å². The molecule has 2 heteroatoms. The smallest absolute Gasteiger partial charge is 0.116 e. The van der Waals surface area contributed by atoms with E-state index in [0.29, 0.717) is 5.92 Å². The van der Waals surface area contributed by atoms with Crippen LogP contribution < -0.4 is 0 Å². The second-order valence-corrected chi connectivity index (χ2v) is 3.63. The molecule has 2 N–H and O–H groups in total. The van der Waals surface area contributed by atoms with Gasteiger partial charge in [0, 0.05) is 0 Å². The monoisotopic (exact) mass is 192 g/mol. The summed E-state index contributed by atoms with van der Waals surface area (Å²) in [6.07, 6.45) is 1.91. The molecule has 1 aromatic rings. The zero-order valence-corrected chi connectivity index (χ0v) is 8.57. The Balaban J connectivity index is 2.94. The van der Waals surface area contributed by atoms with E-state index < -0.39 is 0 Å². The molecule has 1 rings (SSSR count). The number of phenolic OH excluding ortho intramolecular Hbond substituents is 1. The normalized spacial score (nSPS) is 12.1. The minimum absolute atomic E-state index is 0.0628. The molecule has 2 nitrogen and oxygen atoms in total. The van der Waals surface area contributed by atoms with E-state index in [2.05, 4.69) is 0 Å². The van der Waals surface area contributed by atoms with Crippen LogP contribution in [0.5, 0.6) is 5.75 Å². The number of aromatic hydroxyl groups is 1. The van der Waals surface area contributed by atoms with Gasteiger partial charge in [0.05, 0.1) is 6.61 Å². The third-order valence-corrected chi connectivity index (χ3v) is 2.15. The third kappa shape index (κ3) is 2.89. The fourth-order valence-corrected chi connectivity index (χ4v) is 1.22. The van der Waals surface area contributed by atoms with Crippen LogP contribution in [0.25, 0.3) is 6.08 Å². The molecular weight excluding hydrogens is 176 g/mol. The lowest BCUT2D eigenvalue weighted by atomic mass is 10.0. The van der Waals surface area contributed by atoms with Crippen LogP contribution in [0, 0.1) is 5.92 Å². The zero-order chi connectivity index (χ0) is 10.6. The maximum atomic E-state index is 9.25. The zero-order valence-electron chi connectivity index (χ0n) is 8.57. The highest BCUT2D eigenvalue weighted by Gasteiger charge is 2.01. The number of hydrogen-bond donors (Lipinski definition) is 2. The second kappa shape index (κ2) is 4.82. The number of benzene rings is 1. The minimum Gasteiger partial charge on any atom is -0.508 e. The van der Waals surface area contributed by atoms with Gasteiger partial charge in [0.1, 0.15) is 5.75 Å². The third-order valence-electron chi connectivity index (χ3n) is 2.15. The molecule has 0 bridgehead atoms. The second-order valence-electron chi connectivity index (χ2n) is 3.63. The van der Waals surface area contributed by atoms with Gasteiger partial charge in [-0.15, -0.1) is 0 Å². The van der Waals surface area contributed by atoms with Crippen LogP contribution in [0.2, 0.25) is 0 Å². The molecule has 0 amide bonds. The van der Waals surface area contributed by atoms with Crippen LogP contribution in [-0.4, -0.2) is 16.8 Å². The maximum Gasteiger partial charge on any atom is 0.116 e. The van der Waals surface area contributed by atoms with Crippen LogP contribution in [-0.2, 0) is 0 Å². The Morgan fingerprint density at radius 1 is 1.43 bits per heavy atom. The summed E-state index contributed by atoms with van der Waals surface area (Å²) in [5, 5.41) is 18.3. The van der Waals surface area contributed by atoms with Crippen LogP contribution in [0.3, 0.4) is 0 Å². The van der Waals surface area contributed by atoms with E-state index in [1.807, 2.05) is 26.0 Å². The lowest BCUT2D eigenvalue weighted by Gasteiger charge is -2.07. The molecule has 0 aliphatic carbocycles. The quantitative estimate of drug-likeness (QED) is 0.772. The van der Waals surface area contributed by atoms with Crippen molar-refractivity contribution < 1.29 is 10.2 Å². The first-order chi connectivity index (χ1) is 6.63. The van der Waals surface area contributed by atoms with Gasteiger partial charge in [-0.05, 0) is 29.2 Å². The molecule has 1 aromatic carbocycles. The van der Waals surface area contributed by atoms with Gasteiger partial charge in [0.2, 0.25) is 0 Å². The predicted octanol–water partition coefficient (Wildman–Crippen LogP) is 2.42. The molecule has 0 aliphatic heterocycles. The molecule has 0 heterocycles. The van der Waals surface area contributed by atoms with Gasteiger partial charge in [-0.2, -0.15) is 0 Å². The topological polar surface area (TPSA) is 40.5 Å². The van der Waals surface area contributed by atoms with Crippen molar-refractivity contribution in [3.8, 4) is 5.75 Å². The van der Waals surface area contributed by atoms with Gasteiger partial charge in [-0.3, -0.25) is 0 Å². The SMILES string of the molecule is CC(C)/C(=C/c1cccc(O)c1)CO. The van der Waals surface area contributed by atoms with E-state index in [0.717, 1.165) is 11.1 Å². The Hall–Kier alpha value is -1.28.